The molecule has 2 amide bonds. The quantitative estimate of drug-likeness (QED) is 0.606. The first kappa shape index (κ1) is 20.7. The van der Waals surface area contributed by atoms with E-state index in [1.54, 1.807) is 29.6 Å². The van der Waals surface area contributed by atoms with Crippen LogP contribution in [0.2, 0.25) is 0 Å². The van der Waals surface area contributed by atoms with Crippen LogP contribution in [0, 0.1) is 5.82 Å². The maximum atomic E-state index is 13.1. The number of furan rings is 1. The van der Waals surface area contributed by atoms with Crippen LogP contribution in [0.15, 0.2) is 52.5 Å². The largest absolute Gasteiger partial charge is 0.467 e. The number of aromatic nitrogens is 2. The van der Waals surface area contributed by atoms with E-state index in [9.17, 15) is 14.0 Å². The van der Waals surface area contributed by atoms with Crippen molar-refractivity contribution in [1.82, 2.24) is 19.8 Å². The van der Waals surface area contributed by atoms with Gasteiger partial charge in [0.25, 0.3) is 11.8 Å². The van der Waals surface area contributed by atoms with Crippen molar-refractivity contribution in [3.63, 3.8) is 0 Å². The Balaban J connectivity index is 1.88. The molecule has 2 heterocycles. The minimum atomic E-state index is -0.977. The molecule has 2 aromatic heterocycles. The smallest absolute Gasteiger partial charge is 0.276 e. The lowest BCUT2D eigenvalue weighted by molar-refractivity contribution is -0.127. The fraction of sp³-hybridized carbons (Fsp3) is 0.300. The summed E-state index contributed by atoms with van der Waals surface area (Å²) in [7, 11) is 0. The van der Waals surface area contributed by atoms with Crippen LogP contribution in [0.4, 0.5) is 4.39 Å². The molecule has 0 aliphatic heterocycles. The van der Waals surface area contributed by atoms with Gasteiger partial charge in [-0.15, -0.1) is 5.10 Å². The van der Waals surface area contributed by atoms with Crippen LogP contribution in [0.1, 0.15) is 48.1 Å². The van der Waals surface area contributed by atoms with Crippen molar-refractivity contribution in [3.05, 3.63) is 70.9 Å². The molecule has 152 valence electrons. The molecule has 7 nitrogen and oxygen atoms in total. The number of hydrogen-bond acceptors (Lipinski definition) is 6. The summed E-state index contributed by atoms with van der Waals surface area (Å²) < 4.78 is 22.3. The van der Waals surface area contributed by atoms with Crippen LogP contribution in [0.5, 0.6) is 0 Å². The number of hydrogen-bond donors (Lipinski definition) is 1. The Kier molecular flexibility index (Phi) is 6.71. The lowest BCUT2D eigenvalue weighted by Gasteiger charge is -2.33. The van der Waals surface area contributed by atoms with Crippen molar-refractivity contribution in [2.75, 3.05) is 0 Å². The Morgan fingerprint density at radius 3 is 2.62 bits per heavy atom. The van der Waals surface area contributed by atoms with E-state index in [-0.39, 0.29) is 24.1 Å². The highest BCUT2D eigenvalue weighted by Crippen LogP contribution is 2.27. The second kappa shape index (κ2) is 9.42. The second-order valence-corrected chi connectivity index (χ2v) is 7.13. The van der Waals surface area contributed by atoms with Gasteiger partial charge < -0.3 is 14.6 Å². The van der Waals surface area contributed by atoms with Crippen molar-refractivity contribution >= 4 is 23.3 Å². The standard InChI is InChI=1S/C20H21FN4O3S/c1-3-13(2)25(20(27)16-12-29-24-23-16)18(17-5-4-10-28-17)19(26)22-11-14-6-8-15(21)9-7-14/h4-10,12-13,18H,3,11H2,1-2H3,(H,22,26)/t13-,18-/m0/s1. The Bertz CT molecular complexity index is 929. The minimum absolute atomic E-state index is 0.179. The molecule has 29 heavy (non-hydrogen) atoms. The molecular weight excluding hydrogens is 395 g/mol. The van der Waals surface area contributed by atoms with Crippen molar-refractivity contribution in [3.8, 4) is 0 Å². The number of rotatable bonds is 8. The lowest BCUT2D eigenvalue weighted by atomic mass is 10.1. The molecule has 2 atom stereocenters. The van der Waals surface area contributed by atoms with E-state index in [0.29, 0.717) is 12.2 Å². The Morgan fingerprint density at radius 1 is 1.28 bits per heavy atom. The van der Waals surface area contributed by atoms with E-state index in [1.165, 1.54) is 23.3 Å². The molecule has 1 N–H and O–H groups in total. The zero-order valence-corrected chi connectivity index (χ0v) is 16.9. The maximum absolute atomic E-state index is 13.1. The predicted molar refractivity (Wildman–Crippen MR) is 106 cm³/mol. The molecule has 1 aromatic carbocycles. The number of carbonyl (C=O) groups is 2. The molecule has 3 aromatic rings. The summed E-state index contributed by atoms with van der Waals surface area (Å²) in [5.41, 5.74) is 0.918. The maximum Gasteiger partial charge on any atom is 0.276 e. The molecule has 0 saturated carbocycles. The molecule has 0 aliphatic rings. The van der Waals surface area contributed by atoms with Gasteiger partial charge in [0.2, 0.25) is 0 Å². The molecular formula is C20H21FN4O3S. The van der Waals surface area contributed by atoms with Gasteiger partial charge in [-0.05, 0) is 54.7 Å². The molecule has 0 aliphatic carbocycles. The fourth-order valence-electron chi connectivity index (χ4n) is 2.89. The van der Waals surface area contributed by atoms with Crippen LogP contribution in [0.3, 0.4) is 0 Å². The van der Waals surface area contributed by atoms with Gasteiger partial charge in [-0.1, -0.05) is 23.5 Å². The molecule has 0 saturated heterocycles. The van der Waals surface area contributed by atoms with Gasteiger partial charge in [0, 0.05) is 18.0 Å². The third-order valence-electron chi connectivity index (χ3n) is 4.60. The average Bonchev–Trinajstić information content (AvgIpc) is 3.44. The van der Waals surface area contributed by atoms with Gasteiger partial charge in [0.05, 0.1) is 6.26 Å². The van der Waals surface area contributed by atoms with Gasteiger partial charge in [-0.2, -0.15) is 0 Å². The molecule has 3 rings (SSSR count). The number of amides is 2. The van der Waals surface area contributed by atoms with Gasteiger partial charge in [-0.3, -0.25) is 9.59 Å². The number of halogens is 1. The van der Waals surface area contributed by atoms with Crippen LogP contribution in [0.25, 0.3) is 0 Å². The van der Waals surface area contributed by atoms with Crippen molar-refractivity contribution < 1.29 is 18.4 Å². The van der Waals surface area contributed by atoms with Gasteiger partial charge in [0.1, 0.15) is 11.6 Å². The van der Waals surface area contributed by atoms with Gasteiger partial charge in [-0.25, -0.2) is 4.39 Å². The van der Waals surface area contributed by atoms with E-state index in [1.807, 2.05) is 13.8 Å². The number of nitrogens with one attached hydrogen (secondary N) is 1. The highest BCUT2D eigenvalue weighted by molar-refractivity contribution is 7.03. The van der Waals surface area contributed by atoms with Crippen molar-refractivity contribution in [1.29, 1.82) is 0 Å². The second-order valence-electron chi connectivity index (χ2n) is 6.52. The van der Waals surface area contributed by atoms with E-state index in [2.05, 4.69) is 14.9 Å². The van der Waals surface area contributed by atoms with E-state index < -0.39 is 17.9 Å². The number of carbonyl (C=O) groups excluding carboxylic acids is 2. The molecule has 0 bridgehead atoms. The van der Waals surface area contributed by atoms with Gasteiger partial charge >= 0.3 is 0 Å². The first-order valence-corrected chi connectivity index (χ1v) is 10.00. The summed E-state index contributed by atoms with van der Waals surface area (Å²) in [5.74, 6) is -0.801. The SMILES string of the molecule is CC[C@H](C)N(C(=O)c1csnn1)[C@H](C(=O)NCc1ccc(F)cc1)c1ccco1. The Hall–Kier alpha value is -3.07. The highest BCUT2D eigenvalue weighted by atomic mass is 32.1. The van der Waals surface area contributed by atoms with Gasteiger partial charge in [0.15, 0.2) is 11.7 Å². The normalized spacial score (nSPS) is 12.9. The van der Waals surface area contributed by atoms with E-state index in [4.69, 9.17) is 4.42 Å². The number of benzene rings is 1. The monoisotopic (exact) mass is 416 g/mol. The van der Waals surface area contributed by atoms with Crippen LogP contribution in [-0.4, -0.2) is 32.3 Å². The number of nitrogens with zero attached hydrogens (tertiary/aromatic N) is 3. The summed E-state index contributed by atoms with van der Waals surface area (Å²) in [5, 5.41) is 8.22. The third kappa shape index (κ3) is 4.86. The first-order valence-electron chi connectivity index (χ1n) is 9.16. The summed E-state index contributed by atoms with van der Waals surface area (Å²) in [6.07, 6.45) is 2.09. The molecule has 9 heteroatoms. The molecule has 0 unspecified atom stereocenters. The van der Waals surface area contributed by atoms with Crippen LogP contribution >= 0.6 is 11.5 Å². The summed E-state index contributed by atoms with van der Waals surface area (Å²) in [6.45, 7) is 3.98. The van der Waals surface area contributed by atoms with Crippen molar-refractivity contribution in [2.45, 2.75) is 38.9 Å². The third-order valence-corrected chi connectivity index (χ3v) is 5.10. The highest BCUT2D eigenvalue weighted by Gasteiger charge is 2.37. The summed E-state index contributed by atoms with van der Waals surface area (Å²) >= 11 is 1.07. The lowest BCUT2D eigenvalue weighted by Crippen LogP contribution is -2.47. The summed E-state index contributed by atoms with van der Waals surface area (Å²) in [4.78, 5) is 27.7. The minimum Gasteiger partial charge on any atom is -0.467 e. The first-order chi connectivity index (χ1) is 14.0. The predicted octanol–water partition coefficient (Wildman–Crippen LogP) is 3.57. The topological polar surface area (TPSA) is 88.3 Å². The fourth-order valence-corrected chi connectivity index (χ4v) is 3.32. The zero-order chi connectivity index (χ0) is 20.8. The van der Waals surface area contributed by atoms with Crippen molar-refractivity contribution in [2.24, 2.45) is 0 Å². The van der Waals surface area contributed by atoms with E-state index >= 15 is 0 Å². The van der Waals surface area contributed by atoms with Crippen LogP contribution in [-0.2, 0) is 11.3 Å². The Morgan fingerprint density at radius 2 is 2.03 bits per heavy atom. The molecule has 0 spiro atoms. The molecule has 0 fully saturated rings. The molecule has 0 radical (unpaired) electrons. The van der Waals surface area contributed by atoms with Crippen LogP contribution < -0.4 is 5.32 Å². The Labute approximate surface area is 171 Å². The zero-order valence-electron chi connectivity index (χ0n) is 16.0. The summed E-state index contributed by atoms with van der Waals surface area (Å²) in [6, 6.07) is 7.94. The van der Waals surface area contributed by atoms with E-state index in [0.717, 1.165) is 17.1 Å². The average molecular weight is 416 g/mol.